The molecular weight excluding hydrogens is 380 g/mol. The van der Waals surface area contributed by atoms with Crippen LogP contribution in [-0.4, -0.2) is 54.2 Å². The summed E-state index contributed by atoms with van der Waals surface area (Å²) in [5.74, 6) is 2.03. The lowest BCUT2D eigenvalue weighted by atomic mass is 10.1. The zero-order chi connectivity index (χ0) is 20.9. The van der Waals surface area contributed by atoms with Crippen LogP contribution in [0.25, 0.3) is 11.4 Å². The Balaban J connectivity index is 1.29. The van der Waals surface area contributed by atoms with Crippen LogP contribution in [0.3, 0.4) is 0 Å². The minimum atomic E-state index is 0.121. The van der Waals surface area contributed by atoms with Gasteiger partial charge in [-0.25, -0.2) is 0 Å². The Morgan fingerprint density at radius 1 is 1.10 bits per heavy atom. The molecule has 0 spiro atoms. The van der Waals surface area contributed by atoms with Crippen LogP contribution < -0.4 is 9.64 Å². The fraction of sp³-hybridized carbons (Fsp3) is 0.348. The molecule has 2 aromatic carbocycles. The second kappa shape index (κ2) is 8.98. The van der Waals surface area contributed by atoms with Gasteiger partial charge in [-0.1, -0.05) is 35.5 Å². The highest BCUT2D eigenvalue weighted by molar-refractivity contribution is 5.76. The van der Waals surface area contributed by atoms with Crippen molar-refractivity contribution in [1.29, 1.82) is 0 Å². The van der Waals surface area contributed by atoms with Crippen LogP contribution in [0.1, 0.15) is 17.9 Å². The van der Waals surface area contributed by atoms with Crippen molar-refractivity contribution < 1.29 is 14.1 Å². The molecule has 0 N–H and O–H groups in total. The fourth-order valence-electron chi connectivity index (χ4n) is 3.68. The number of aromatic nitrogens is 2. The van der Waals surface area contributed by atoms with Crippen LogP contribution in [0.15, 0.2) is 53.1 Å². The molecule has 0 bridgehead atoms. The number of carbonyl (C=O) groups excluding carboxylic acids is 1. The second-order valence-corrected chi connectivity index (χ2v) is 7.40. The van der Waals surface area contributed by atoms with Crippen LogP contribution in [-0.2, 0) is 11.2 Å². The van der Waals surface area contributed by atoms with Crippen molar-refractivity contribution in [3.05, 3.63) is 60.0 Å². The summed E-state index contributed by atoms with van der Waals surface area (Å²) in [6, 6.07) is 15.9. The molecule has 1 aliphatic heterocycles. The number of amides is 1. The van der Waals surface area contributed by atoms with Gasteiger partial charge >= 0.3 is 0 Å². The average Bonchev–Trinajstić information content (AvgIpc) is 3.27. The van der Waals surface area contributed by atoms with E-state index in [0.717, 1.165) is 35.7 Å². The molecular formula is C23H26N4O3. The van der Waals surface area contributed by atoms with Crippen molar-refractivity contribution in [2.24, 2.45) is 0 Å². The number of ether oxygens (including phenoxy) is 1. The number of nitrogens with zero attached hydrogens (tertiary/aromatic N) is 4. The van der Waals surface area contributed by atoms with Crippen molar-refractivity contribution in [3.8, 4) is 17.1 Å². The predicted molar refractivity (Wildman–Crippen MR) is 115 cm³/mol. The Morgan fingerprint density at radius 2 is 1.90 bits per heavy atom. The first-order valence-corrected chi connectivity index (χ1v) is 10.2. The Morgan fingerprint density at radius 3 is 2.67 bits per heavy atom. The molecule has 2 heterocycles. The Labute approximate surface area is 176 Å². The molecule has 1 fully saturated rings. The number of benzene rings is 2. The molecule has 30 heavy (non-hydrogen) atoms. The zero-order valence-electron chi connectivity index (χ0n) is 17.4. The first kappa shape index (κ1) is 19.9. The van der Waals surface area contributed by atoms with Crippen molar-refractivity contribution in [3.63, 3.8) is 0 Å². The standard InChI is InChI=1S/C23H26N4O3/c1-17-6-3-4-9-20(17)23-24-21(30-25-23)10-11-22(28)27-14-12-26(13-15-27)18-7-5-8-19(16-18)29-2/h3-9,16H,10-15H2,1-2H3. The van der Waals surface area contributed by atoms with E-state index in [0.29, 0.717) is 37.6 Å². The van der Waals surface area contributed by atoms with Gasteiger partial charge in [0, 0.05) is 56.3 Å². The van der Waals surface area contributed by atoms with E-state index in [2.05, 4.69) is 21.1 Å². The lowest BCUT2D eigenvalue weighted by Gasteiger charge is -2.36. The molecule has 1 aromatic heterocycles. The molecule has 0 unspecified atom stereocenters. The van der Waals surface area contributed by atoms with E-state index in [4.69, 9.17) is 9.26 Å². The maximum Gasteiger partial charge on any atom is 0.227 e. The summed E-state index contributed by atoms with van der Waals surface area (Å²) in [5.41, 5.74) is 3.17. The molecule has 0 radical (unpaired) electrons. The molecule has 7 nitrogen and oxygen atoms in total. The van der Waals surface area contributed by atoms with E-state index < -0.39 is 0 Å². The highest BCUT2D eigenvalue weighted by Gasteiger charge is 2.22. The van der Waals surface area contributed by atoms with E-state index in [1.54, 1.807) is 7.11 Å². The second-order valence-electron chi connectivity index (χ2n) is 7.40. The third kappa shape index (κ3) is 4.45. The van der Waals surface area contributed by atoms with E-state index in [1.165, 1.54) is 0 Å². The van der Waals surface area contributed by atoms with Crippen molar-refractivity contribution >= 4 is 11.6 Å². The monoisotopic (exact) mass is 406 g/mol. The molecule has 4 rings (SSSR count). The van der Waals surface area contributed by atoms with Crippen LogP contribution in [0.4, 0.5) is 5.69 Å². The van der Waals surface area contributed by atoms with Gasteiger partial charge in [0.05, 0.1) is 7.11 Å². The Bertz CT molecular complexity index is 1010. The number of hydrogen-bond donors (Lipinski definition) is 0. The smallest absolute Gasteiger partial charge is 0.227 e. The number of hydrogen-bond acceptors (Lipinski definition) is 6. The van der Waals surface area contributed by atoms with E-state index in [1.807, 2.05) is 54.3 Å². The lowest BCUT2D eigenvalue weighted by Crippen LogP contribution is -2.48. The van der Waals surface area contributed by atoms with Gasteiger partial charge < -0.3 is 19.1 Å². The van der Waals surface area contributed by atoms with Crippen LogP contribution in [0, 0.1) is 6.92 Å². The minimum absolute atomic E-state index is 0.121. The third-order valence-corrected chi connectivity index (χ3v) is 5.46. The number of anilines is 1. The largest absolute Gasteiger partial charge is 0.497 e. The summed E-state index contributed by atoms with van der Waals surface area (Å²) in [6.07, 6.45) is 0.822. The number of piperazine rings is 1. The summed E-state index contributed by atoms with van der Waals surface area (Å²) < 4.78 is 10.7. The number of methoxy groups -OCH3 is 1. The van der Waals surface area contributed by atoms with Gasteiger partial charge in [-0.15, -0.1) is 0 Å². The maximum absolute atomic E-state index is 12.6. The van der Waals surface area contributed by atoms with Gasteiger partial charge in [0.2, 0.25) is 17.6 Å². The summed E-state index contributed by atoms with van der Waals surface area (Å²) in [7, 11) is 1.67. The molecule has 0 aliphatic carbocycles. The Hall–Kier alpha value is -3.35. The highest BCUT2D eigenvalue weighted by Crippen LogP contribution is 2.23. The maximum atomic E-state index is 12.6. The number of rotatable bonds is 6. The molecule has 156 valence electrons. The molecule has 1 aliphatic rings. The topological polar surface area (TPSA) is 71.7 Å². The van der Waals surface area contributed by atoms with Gasteiger partial charge in [-0.3, -0.25) is 4.79 Å². The SMILES string of the molecule is COc1cccc(N2CCN(C(=O)CCc3nc(-c4ccccc4C)no3)CC2)c1. The molecule has 7 heteroatoms. The zero-order valence-corrected chi connectivity index (χ0v) is 17.4. The molecule has 0 saturated carbocycles. The average molecular weight is 406 g/mol. The molecule has 1 amide bonds. The van der Waals surface area contributed by atoms with Gasteiger partial charge in [0.1, 0.15) is 5.75 Å². The van der Waals surface area contributed by atoms with Crippen LogP contribution >= 0.6 is 0 Å². The quantitative estimate of drug-likeness (QED) is 0.625. The van der Waals surface area contributed by atoms with Gasteiger partial charge in [-0.05, 0) is 24.6 Å². The first-order valence-electron chi connectivity index (χ1n) is 10.2. The van der Waals surface area contributed by atoms with Gasteiger partial charge in [0.25, 0.3) is 0 Å². The van der Waals surface area contributed by atoms with Crippen LogP contribution in [0.2, 0.25) is 0 Å². The predicted octanol–water partition coefficient (Wildman–Crippen LogP) is 3.34. The van der Waals surface area contributed by atoms with Crippen LogP contribution in [0.5, 0.6) is 5.75 Å². The normalized spacial score (nSPS) is 14.1. The minimum Gasteiger partial charge on any atom is -0.497 e. The first-order chi connectivity index (χ1) is 14.6. The molecule has 3 aromatic rings. The third-order valence-electron chi connectivity index (χ3n) is 5.46. The molecule has 1 saturated heterocycles. The van der Waals surface area contributed by atoms with Crippen molar-refractivity contribution in [2.45, 2.75) is 19.8 Å². The number of carbonyl (C=O) groups is 1. The fourth-order valence-corrected chi connectivity index (χ4v) is 3.68. The van der Waals surface area contributed by atoms with E-state index in [9.17, 15) is 4.79 Å². The van der Waals surface area contributed by atoms with E-state index in [-0.39, 0.29) is 5.91 Å². The summed E-state index contributed by atoms with van der Waals surface area (Å²) in [5, 5.41) is 4.07. The summed E-state index contributed by atoms with van der Waals surface area (Å²) in [4.78, 5) is 21.3. The van der Waals surface area contributed by atoms with Crippen molar-refractivity contribution in [1.82, 2.24) is 15.0 Å². The van der Waals surface area contributed by atoms with E-state index >= 15 is 0 Å². The summed E-state index contributed by atoms with van der Waals surface area (Å²) in [6.45, 7) is 5.02. The summed E-state index contributed by atoms with van der Waals surface area (Å²) >= 11 is 0. The highest BCUT2D eigenvalue weighted by atomic mass is 16.5. The molecule has 0 atom stereocenters. The van der Waals surface area contributed by atoms with Gasteiger partial charge in [-0.2, -0.15) is 4.98 Å². The lowest BCUT2D eigenvalue weighted by molar-refractivity contribution is -0.131. The number of aryl methyl sites for hydroxylation is 2. The Kier molecular flexibility index (Phi) is 5.97. The van der Waals surface area contributed by atoms with Gasteiger partial charge in [0.15, 0.2) is 0 Å². The van der Waals surface area contributed by atoms with Crippen molar-refractivity contribution in [2.75, 3.05) is 38.2 Å².